The lowest BCUT2D eigenvalue weighted by atomic mass is 10.2. The molecule has 0 fully saturated rings. The number of nitrogens with zero attached hydrogens (tertiary/aromatic N) is 3. The van der Waals surface area contributed by atoms with E-state index in [9.17, 15) is 0 Å². The largest absolute Gasteiger partial charge is 0.362 e. The summed E-state index contributed by atoms with van der Waals surface area (Å²) >= 11 is 6.04. The molecule has 0 bridgehead atoms. The molecule has 0 saturated carbocycles. The lowest BCUT2D eigenvalue weighted by Gasteiger charge is -2.07. The Kier molecular flexibility index (Phi) is 3.49. The van der Waals surface area contributed by atoms with Crippen LogP contribution in [-0.4, -0.2) is 15.0 Å². The second kappa shape index (κ2) is 5.07. The van der Waals surface area contributed by atoms with Gasteiger partial charge in [0.1, 0.15) is 17.7 Å². The fraction of sp³-hybridized carbons (Fsp3) is 0.250. The molecule has 0 amide bonds. The third kappa shape index (κ3) is 2.60. The zero-order chi connectivity index (χ0) is 13.1. The molecule has 2 aromatic heterocycles. The minimum absolute atomic E-state index is 0.431. The molecule has 0 aliphatic rings. The van der Waals surface area contributed by atoms with Gasteiger partial charge in [0, 0.05) is 11.9 Å². The molecule has 0 saturated heterocycles. The number of aromatic nitrogens is 3. The smallest absolute Gasteiger partial charge is 0.145 e. The van der Waals surface area contributed by atoms with E-state index in [1.807, 2.05) is 13.0 Å². The quantitative estimate of drug-likeness (QED) is 0.890. The van der Waals surface area contributed by atoms with Gasteiger partial charge in [0.25, 0.3) is 0 Å². The van der Waals surface area contributed by atoms with E-state index in [1.165, 1.54) is 0 Å². The lowest BCUT2D eigenvalue weighted by Crippen LogP contribution is -2.05. The molecule has 0 radical (unpaired) electrons. The second-order valence-corrected chi connectivity index (χ2v) is 4.34. The Labute approximate surface area is 110 Å². The Hall–Kier alpha value is -2.06. The maximum absolute atomic E-state index is 8.86. The molecule has 6 heteroatoms. The normalized spacial score (nSPS) is 10.1. The van der Waals surface area contributed by atoms with E-state index in [4.69, 9.17) is 16.9 Å². The van der Waals surface area contributed by atoms with Crippen LogP contribution in [0.5, 0.6) is 0 Å². The summed E-state index contributed by atoms with van der Waals surface area (Å²) in [6.07, 6.45) is 1.76. The van der Waals surface area contributed by atoms with Gasteiger partial charge in [-0.05, 0) is 19.9 Å². The second-order valence-electron chi connectivity index (χ2n) is 3.93. The van der Waals surface area contributed by atoms with Gasteiger partial charge in [0.05, 0.1) is 22.8 Å². The van der Waals surface area contributed by atoms with Crippen molar-refractivity contribution in [2.24, 2.45) is 0 Å². The van der Waals surface area contributed by atoms with Crippen LogP contribution in [0.25, 0.3) is 0 Å². The number of nitrogens with one attached hydrogen (secondary N) is 2. The van der Waals surface area contributed by atoms with E-state index in [0.29, 0.717) is 28.6 Å². The van der Waals surface area contributed by atoms with Gasteiger partial charge < -0.3 is 10.3 Å². The van der Waals surface area contributed by atoms with Gasteiger partial charge in [0.2, 0.25) is 0 Å². The van der Waals surface area contributed by atoms with Crippen molar-refractivity contribution in [2.45, 2.75) is 20.4 Å². The maximum atomic E-state index is 8.86. The highest BCUT2D eigenvalue weighted by Gasteiger charge is 2.07. The number of nitriles is 1. The van der Waals surface area contributed by atoms with Crippen LogP contribution in [0.3, 0.4) is 0 Å². The van der Waals surface area contributed by atoms with Gasteiger partial charge in [-0.1, -0.05) is 11.6 Å². The van der Waals surface area contributed by atoms with Gasteiger partial charge in [-0.3, -0.25) is 0 Å². The standard InChI is InChI=1S/C12H12ClN5/c1-7-5-15-11(17-7)6-16-12-10(13)3-9(4-14)8(2)18-12/h3,5H,6H2,1-2H3,(H,15,17)(H,16,18). The zero-order valence-corrected chi connectivity index (χ0v) is 10.8. The van der Waals surface area contributed by atoms with Gasteiger partial charge in [-0.15, -0.1) is 0 Å². The molecule has 18 heavy (non-hydrogen) atoms. The Morgan fingerprint density at radius 1 is 1.50 bits per heavy atom. The van der Waals surface area contributed by atoms with E-state index < -0.39 is 0 Å². The van der Waals surface area contributed by atoms with Crippen molar-refractivity contribution in [1.82, 2.24) is 15.0 Å². The van der Waals surface area contributed by atoms with Crippen molar-refractivity contribution >= 4 is 17.4 Å². The number of H-pyrrole nitrogens is 1. The lowest BCUT2D eigenvalue weighted by molar-refractivity contribution is 0.976. The molecule has 92 valence electrons. The van der Waals surface area contributed by atoms with Gasteiger partial charge in [-0.2, -0.15) is 5.26 Å². The predicted molar refractivity (Wildman–Crippen MR) is 69.4 cm³/mol. The summed E-state index contributed by atoms with van der Waals surface area (Å²) in [5.74, 6) is 1.37. The molecule has 0 aliphatic heterocycles. The van der Waals surface area contributed by atoms with Crippen LogP contribution < -0.4 is 5.32 Å². The number of pyridine rings is 1. The van der Waals surface area contributed by atoms with E-state index in [2.05, 4.69) is 20.3 Å². The summed E-state index contributed by atoms with van der Waals surface area (Å²) in [4.78, 5) is 11.5. The highest BCUT2D eigenvalue weighted by Crippen LogP contribution is 2.22. The molecule has 0 atom stereocenters. The first kappa shape index (κ1) is 12.4. The van der Waals surface area contributed by atoms with Crippen LogP contribution >= 0.6 is 11.6 Å². The monoisotopic (exact) mass is 261 g/mol. The fourth-order valence-electron chi connectivity index (χ4n) is 1.54. The van der Waals surface area contributed by atoms with Crippen molar-refractivity contribution in [3.05, 3.63) is 40.1 Å². The molecule has 2 heterocycles. The van der Waals surface area contributed by atoms with E-state index in [1.54, 1.807) is 19.2 Å². The molecular weight excluding hydrogens is 250 g/mol. The molecule has 2 N–H and O–H groups in total. The summed E-state index contributed by atoms with van der Waals surface area (Å²) in [6, 6.07) is 3.66. The first-order valence-corrected chi connectivity index (χ1v) is 5.79. The van der Waals surface area contributed by atoms with Crippen LogP contribution in [0, 0.1) is 25.2 Å². The average Bonchev–Trinajstić information content (AvgIpc) is 2.75. The maximum Gasteiger partial charge on any atom is 0.145 e. The summed E-state index contributed by atoms with van der Waals surface area (Å²) in [5.41, 5.74) is 2.14. The third-order valence-corrected chi connectivity index (χ3v) is 2.75. The van der Waals surface area contributed by atoms with Crippen LogP contribution in [0.2, 0.25) is 5.02 Å². The number of halogens is 1. The number of aromatic amines is 1. The molecule has 0 unspecified atom stereocenters. The predicted octanol–water partition coefficient (Wildman–Crippen LogP) is 2.56. The van der Waals surface area contributed by atoms with Gasteiger partial charge in [-0.25, -0.2) is 9.97 Å². The highest BCUT2D eigenvalue weighted by atomic mass is 35.5. The van der Waals surface area contributed by atoms with E-state index in [0.717, 1.165) is 11.5 Å². The first-order valence-electron chi connectivity index (χ1n) is 5.41. The summed E-state index contributed by atoms with van der Waals surface area (Å²) in [7, 11) is 0. The summed E-state index contributed by atoms with van der Waals surface area (Å²) in [6.45, 7) is 4.22. The average molecular weight is 262 g/mol. The molecular formula is C12H12ClN5. The van der Waals surface area contributed by atoms with Crippen LogP contribution in [-0.2, 0) is 6.54 Å². The number of hydrogen-bond donors (Lipinski definition) is 2. The molecule has 5 nitrogen and oxygen atoms in total. The van der Waals surface area contributed by atoms with Crippen LogP contribution in [0.4, 0.5) is 5.82 Å². The number of aryl methyl sites for hydroxylation is 2. The number of imidazole rings is 1. The molecule has 2 rings (SSSR count). The van der Waals surface area contributed by atoms with Crippen LogP contribution in [0.1, 0.15) is 22.8 Å². The number of hydrogen-bond acceptors (Lipinski definition) is 4. The molecule has 2 aromatic rings. The van der Waals surface area contributed by atoms with Crippen molar-refractivity contribution in [1.29, 1.82) is 5.26 Å². The Morgan fingerprint density at radius 2 is 2.28 bits per heavy atom. The third-order valence-electron chi connectivity index (χ3n) is 2.47. The fourth-order valence-corrected chi connectivity index (χ4v) is 1.76. The minimum Gasteiger partial charge on any atom is -0.362 e. The van der Waals surface area contributed by atoms with Crippen LogP contribution in [0.15, 0.2) is 12.3 Å². The number of rotatable bonds is 3. The highest BCUT2D eigenvalue weighted by molar-refractivity contribution is 6.33. The van der Waals surface area contributed by atoms with Crippen molar-refractivity contribution < 1.29 is 0 Å². The summed E-state index contributed by atoms with van der Waals surface area (Å²) in [5, 5.41) is 12.4. The Bertz CT molecular complexity index is 611. The molecule has 0 aliphatic carbocycles. The van der Waals surface area contributed by atoms with Crippen molar-refractivity contribution in [2.75, 3.05) is 5.32 Å². The zero-order valence-electron chi connectivity index (χ0n) is 10.1. The molecule has 0 aromatic carbocycles. The summed E-state index contributed by atoms with van der Waals surface area (Å²) < 4.78 is 0. The van der Waals surface area contributed by atoms with Gasteiger partial charge in [0.15, 0.2) is 0 Å². The van der Waals surface area contributed by atoms with E-state index in [-0.39, 0.29) is 0 Å². The molecule has 0 spiro atoms. The van der Waals surface area contributed by atoms with Gasteiger partial charge >= 0.3 is 0 Å². The number of anilines is 1. The first-order chi connectivity index (χ1) is 8.60. The minimum atomic E-state index is 0.431. The van der Waals surface area contributed by atoms with Crippen molar-refractivity contribution in [3.63, 3.8) is 0 Å². The van der Waals surface area contributed by atoms with E-state index >= 15 is 0 Å². The van der Waals surface area contributed by atoms with Crippen molar-refractivity contribution in [3.8, 4) is 6.07 Å². The SMILES string of the molecule is Cc1cnc(CNc2nc(C)c(C#N)cc2Cl)[nH]1. The topological polar surface area (TPSA) is 77.4 Å². The Morgan fingerprint density at radius 3 is 2.89 bits per heavy atom. The Balaban J connectivity index is 2.15.